The summed E-state index contributed by atoms with van der Waals surface area (Å²) in [5.41, 5.74) is 7.16. The van der Waals surface area contributed by atoms with Gasteiger partial charge in [-0.2, -0.15) is 0 Å². The highest BCUT2D eigenvalue weighted by molar-refractivity contribution is 5.78. The van der Waals surface area contributed by atoms with Gasteiger partial charge in [0.05, 0.1) is 7.11 Å². The quantitative estimate of drug-likeness (QED) is 0.616. The fourth-order valence-electron chi connectivity index (χ4n) is 2.76. The number of benzene rings is 2. The Morgan fingerprint density at radius 2 is 1.68 bits per heavy atom. The summed E-state index contributed by atoms with van der Waals surface area (Å²) in [5, 5.41) is 0. The first-order chi connectivity index (χ1) is 8.99. The van der Waals surface area contributed by atoms with Crippen LogP contribution < -0.4 is 4.74 Å². The van der Waals surface area contributed by atoms with Crippen molar-refractivity contribution >= 4 is 0 Å². The molecule has 0 amide bonds. The van der Waals surface area contributed by atoms with Crippen molar-refractivity contribution in [1.29, 1.82) is 0 Å². The molecule has 0 heterocycles. The molecular weight excluding hydrogens is 232 g/mol. The molecule has 19 heavy (non-hydrogen) atoms. The van der Waals surface area contributed by atoms with E-state index in [2.05, 4.69) is 57.2 Å². The molecule has 3 rings (SSSR count). The number of ether oxygens (including phenoxy) is 1. The van der Waals surface area contributed by atoms with Gasteiger partial charge in [-0.25, -0.2) is 0 Å². The molecule has 0 aromatic heterocycles. The predicted octanol–water partition coefficient (Wildman–Crippen LogP) is 4.56. The number of methoxy groups -OCH3 is 1. The number of hydrogen-bond donors (Lipinski definition) is 0. The number of hydrogen-bond acceptors (Lipinski definition) is 1. The highest BCUT2D eigenvalue weighted by Gasteiger charge is 2.22. The maximum atomic E-state index is 5.32. The van der Waals surface area contributed by atoms with E-state index < -0.39 is 0 Å². The van der Waals surface area contributed by atoms with Crippen molar-refractivity contribution in [2.75, 3.05) is 7.11 Å². The Hall–Kier alpha value is -1.76. The standard InChI is InChI=1S/C18H20O/c1-18(2,3)14-6-5-12-9-13-10-15(19-4)7-8-16(13)17(12)11-14/h5-8,10-11H,9H2,1-4H3. The van der Waals surface area contributed by atoms with Crippen LogP contribution in [0.3, 0.4) is 0 Å². The molecule has 0 radical (unpaired) electrons. The lowest BCUT2D eigenvalue weighted by Crippen LogP contribution is -2.10. The largest absolute Gasteiger partial charge is 0.497 e. The first kappa shape index (κ1) is 12.3. The van der Waals surface area contributed by atoms with Crippen LogP contribution in [0, 0.1) is 0 Å². The van der Waals surface area contributed by atoms with Crippen LogP contribution in [0.5, 0.6) is 5.75 Å². The fourth-order valence-corrected chi connectivity index (χ4v) is 2.76. The van der Waals surface area contributed by atoms with Gasteiger partial charge >= 0.3 is 0 Å². The molecule has 1 aliphatic rings. The van der Waals surface area contributed by atoms with Crippen LogP contribution >= 0.6 is 0 Å². The van der Waals surface area contributed by atoms with E-state index in [0.29, 0.717) is 0 Å². The highest BCUT2D eigenvalue weighted by atomic mass is 16.5. The zero-order chi connectivity index (χ0) is 13.6. The number of fused-ring (bicyclic) bond motifs is 3. The van der Waals surface area contributed by atoms with Crippen molar-refractivity contribution in [3.8, 4) is 16.9 Å². The average Bonchev–Trinajstić information content (AvgIpc) is 2.73. The van der Waals surface area contributed by atoms with Gasteiger partial charge in [0.15, 0.2) is 0 Å². The smallest absolute Gasteiger partial charge is 0.119 e. The third kappa shape index (κ3) is 2.03. The average molecular weight is 252 g/mol. The molecule has 98 valence electrons. The van der Waals surface area contributed by atoms with Crippen LogP contribution in [0.1, 0.15) is 37.5 Å². The Labute approximate surface area is 115 Å². The molecule has 1 heteroatoms. The minimum absolute atomic E-state index is 0.199. The van der Waals surface area contributed by atoms with Gasteiger partial charge in [-0.3, -0.25) is 0 Å². The normalized spacial score (nSPS) is 13.1. The molecule has 0 bridgehead atoms. The third-order valence-electron chi connectivity index (χ3n) is 3.96. The molecule has 1 nitrogen and oxygen atoms in total. The van der Waals surface area contributed by atoms with Crippen LogP contribution in [0.4, 0.5) is 0 Å². The fraction of sp³-hybridized carbons (Fsp3) is 0.333. The molecule has 0 aliphatic heterocycles. The minimum atomic E-state index is 0.199. The van der Waals surface area contributed by atoms with Gasteiger partial charge in [-0.05, 0) is 51.8 Å². The van der Waals surface area contributed by atoms with Gasteiger partial charge in [0.2, 0.25) is 0 Å². The molecule has 2 aromatic rings. The summed E-state index contributed by atoms with van der Waals surface area (Å²) in [7, 11) is 1.72. The molecule has 0 fully saturated rings. The Morgan fingerprint density at radius 1 is 0.895 bits per heavy atom. The van der Waals surface area contributed by atoms with E-state index in [0.717, 1.165) is 12.2 Å². The zero-order valence-corrected chi connectivity index (χ0v) is 12.1. The van der Waals surface area contributed by atoms with Crippen LogP contribution in [0.15, 0.2) is 36.4 Å². The minimum Gasteiger partial charge on any atom is -0.497 e. The van der Waals surface area contributed by atoms with Crippen LogP contribution in [0.25, 0.3) is 11.1 Å². The molecule has 1 aliphatic carbocycles. The zero-order valence-electron chi connectivity index (χ0n) is 12.1. The molecule has 0 unspecified atom stereocenters. The van der Waals surface area contributed by atoms with E-state index >= 15 is 0 Å². The lowest BCUT2D eigenvalue weighted by atomic mass is 9.85. The predicted molar refractivity (Wildman–Crippen MR) is 79.9 cm³/mol. The molecule has 0 N–H and O–H groups in total. The first-order valence-electron chi connectivity index (χ1n) is 6.80. The van der Waals surface area contributed by atoms with E-state index in [-0.39, 0.29) is 5.41 Å². The highest BCUT2D eigenvalue weighted by Crippen LogP contribution is 2.40. The summed E-state index contributed by atoms with van der Waals surface area (Å²) in [4.78, 5) is 0. The van der Waals surface area contributed by atoms with Gasteiger partial charge in [0.25, 0.3) is 0 Å². The Balaban J connectivity index is 2.12. The number of rotatable bonds is 1. The van der Waals surface area contributed by atoms with Crippen molar-refractivity contribution in [2.45, 2.75) is 32.6 Å². The Bertz CT molecular complexity index is 633. The van der Waals surface area contributed by atoms with Gasteiger partial charge in [0.1, 0.15) is 5.75 Å². The SMILES string of the molecule is COc1ccc2c(c1)Cc1ccc(C(C)(C)C)cc1-2. The van der Waals surface area contributed by atoms with Gasteiger partial charge in [0, 0.05) is 0 Å². The van der Waals surface area contributed by atoms with Crippen LogP contribution in [-0.2, 0) is 11.8 Å². The van der Waals surface area contributed by atoms with Gasteiger partial charge < -0.3 is 4.74 Å². The summed E-state index contributed by atoms with van der Waals surface area (Å²) in [6, 6.07) is 13.3. The van der Waals surface area contributed by atoms with Gasteiger partial charge in [-0.15, -0.1) is 0 Å². The van der Waals surface area contributed by atoms with E-state index in [9.17, 15) is 0 Å². The first-order valence-corrected chi connectivity index (χ1v) is 6.80. The van der Waals surface area contributed by atoms with Crippen LogP contribution in [-0.4, -0.2) is 7.11 Å². The van der Waals surface area contributed by atoms with Crippen molar-refractivity contribution < 1.29 is 4.74 Å². The molecule has 0 saturated carbocycles. The van der Waals surface area contributed by atoms with E-state index in [1.807, 2.05) is 0 Å². The monoisotopic (exact) mass is 252 g/mol. The van der Waals surface area contributed by atoms with Crippen LogP contribution in [0.2, 0.25) is 0 Å². The molecule has 2 aromatic carbocycles. The molecule has 0 spiro atoms. The Kier molecular flexibility index (Phi) is 2.67. The molecule has 0 saturated heterocycles. The van der Waals surface area contributed by atoms with E-state index in [1.165, 1.54) is 27.8 Å². The van der Waals surface area contributed by atoms with Crippen molar-refractivity contribution in [1.82, 2.24) is 0 Å². The van der Waals surface area contributed by atoms with E-state index in [1.54, 1.807) is 7.11 Å². The maximum Gasteiger partial charge on any atom is 0.119 e. The van der Waals surface area contributed by atoms with Crippen molar-refractivity contribution in [3.63, 3.8) is 0 Å². The maximum absolute atomic E-state index is 5.32. The topological polar surface area (TPSA) is 9.23 Å². The molecule has 0 atom stereocenters. The summed E-state index contributed by atoms with van der Waals surface area (Å²) in [6.45, 7) is 6.79. The summed E-state index contributed by atoms with van der Waals surface area (Å²) in [5.74, 6) is 0.947. The summed E-state index contributed by atoms with van der Waals surface area (Å²) < 4.78 is 5.32. The van der Waals surface area contributed by atoms with Crippen molar-refractivity contribution in [3.05, 3.63) is 53.1 Å². The molecular formula is C18H20O. The lowest BCUT2D eigenvalue weighted by Gasteiger charge is -2.20. The lowest BCUT2D eigenvalue weighted by molar-refractivity contribution is 0.414. The van der Waals surface area contributed by atoms with E-state index in [4.69, 9.17) is 4.74 Å². The van der Waals surface area contributed by atoms with Gasteiger partial charge in [-0.1, -0.05) is 45.0 Å². The third-order valence-corrected chi connectivity index (χ3v) is 3.96. The second kappa shape index (κ2) is 4.12. The Morgan fingerprint density at radius 3 is 2.37 bits per heavy atom. The second-order valence-corrected chi connectivity index (χ2v) is 6.32. The second-order valence-electron chi connectivity index (χ2n) is 6.32. The summed E-state index contributed by atoms with van der Waals surface area (Å²) in [6.07, 6.45) is 1.02. The van der Waals surface area contributed by atoms with Crippen molar-refractivity contribution in [2.24, 2.45) is 0 Å². The summed E-state index contributed by atoms with van der Waals surface area (Å²) >= 11 is 0.